The summed E-state index contributed by atoms with van der Waals surface area (Å²) < 4.78 is 29.1. The standard InChI is InChI=1S/C51H36ClN7O5/c1-27-20-39(46-49(56-62-53-46)42(27)44-35-12-6-4-10-30(35)22-31-11-5-7-13-36(31)44)59(41-24-38(34-17-19-61-26-34)45(52)51-48(41)55-64-58-51)40-23-37(33-16-18-60-25-33)43(50-47(40)54-63-57-50)32-15-14-28-8-2-3-9-29(28)21-32/h2-15,20-24,33-34H,16-19,25-26H2,1H3. The molecule has 11 aromatic rings. The monoisotopic (exact) mass is 861 g/mol. The van der Waals surface area contributed by atoms with Crippen LogP contribution in [-0.4, -0.2) is 57.4 Å². The molecular weight excluding hydrogens is 826 g/mol. The van der Waals surface area contributed by atoms with Gasteiger partial charge in [-0.1, -0.05) is 96.5 Å². The van der Waals surface area contributed by atoms with Crippen molar-refractivity contribution in [3.8, 4) is 22.3 Å². The SMILES string of the molecule is Cc1cc(N(c2cc(C3CCOC3)c(Cl)c3nonc23)c2cc(C3CCOC3)c(-c3ccc4ccccc4c3)c3nonc23)c2nonc2c1-c1c2ccccc2cc2ccccc12. The smallest absolute Gasteiger partial charge is 0.160 e. The molecule has 12 nitrogen and oxygen atoms in total. The summed E-state index contributed by atoms with van der Waals surface area (Å²) in [5.74, 6) is 0.0627. The van der Waals surface area contributed by atoms with Gasteiger partial charge in [0.05, 0.1) is 35.3 Å². The summed E-state index contributed by atoms with van der Waals surface area (Å²) in [5.41, 5.74) is 11.9. The Morgan fingerprint density at radius 3 is 1.64 bits per heavy atom. The summed E-state index contributed by atoms with van der Waals surface area (Å²) >= 11 is 7.21. The first kappa shape index (κ1) is 37.3. The molecule has 13 heteroatoms. The van der Waals surface area contributed by atoms with Gasteiger partial charge in [0.2, 0.25) is 0 Å². The van der Waals surface area contributed by atoms with Crippen LogP contribution in [0.25, 0.3) is 87.7 Å². The van der Waals surface area contributed by atoms with E-state index in [2.05, 4.69) is 143 Å². The molecule has 0 saturated carbocycles. The third-order valence-corrected chi connectivity index (χ3v) is 13.7. The molecule has 0 radical (unpaired) electrons. The lowest BCUT2D eigenvalue weighted by Crippen LogP contribution is -2.15. The van der Waals surface area contributed by atoms with E-state index in [0.29, 0.717) is 81.6 Å². The van der Waals surface area contributed by atoms with Crippen molar-refractivity contribution in [1.82, 2.24) is 30.9 Å². The molecule has 13 rings (SSSR count). The number of aromatic nitrogens is 6. The van der Waals surface area contributed by atoms with E-state index in [1.165, 1.54) is 0 Å². The average molecular weight is 862 g/mol. The Labute approximate surface area is 369 Å². The molecule has 2 aliphatic rings. The minimum Gasteiger partial charge on any atom is -0.381 e. The number of halogens is 1. The highest BCUT2D eigenvalue weighted by atomic mass is 35.5. The van der Waals surface area contributed by atoms with E-state index in [4.69, 9.17) is 50.4 Å². The van der Waals surface area contributed by atoms with Crippen molar-refractivity contribution >= 4 is 94.1 Å². The van der Waals surface area contributed by atoms with Crippen molar-refractivity contribution in [3.05, 3.63) is 137 Å². The summed E-state index contributed by atoms with van der Waals surface area (Å²) in [6, 6.07) is 40.4. The molecule has 0 spiro atoms. The van der Waals surface area contributed by atoms with Crippen molar-refractivity contribution < 1.29 is 23.4 Å². The van der Waals surface area contributed by atoms with Gasteiger partial charge < -0.3 is 14.4 Å². The van der Waals surface area contributed by atoms with Crippen molar-refractivity contribution in [1.29, 1.82) is 0 Å². The largest absolute Gasteiger partial charge is 0.381 e. The van der Waals surface area contributed by atoms with E-state index in [1.807, 2.05) is 0 Å². The van der Waals surface area contributed by atoms with E-state index >= 15 is 0 Å². The van der Waals surface area contributed by atoms with Gasteiger partial charge in [-0.05, 0) is 141 Å². The van der Waals surface area contributed by atoms with Crippen LogP contribution in [0.5, 0.6) is 0 Å². The van der Waals surface area contributed by atoms with Crippen LogP contribution < -0.4 is 4.90 Å². The molecule has 2 aliphatic heterocycles. The van der Waals surface area contributed by atoms with E-state index in [1.54, 1.807) is 0 Å². The van der Waals surface area contributed by atoms with Crippen molar-refractivity contribution in [2.45, 2.75) is 31.6 Å². The molecule has 0 N–H and O–H groups in total. The molecule has 8 aromatic carbocycles. The number of rotatable bonds is 7. The fraction of sp³-hybridized carbons (Fsp3) is 0.176. The van der Waals surface area contributed by atoms with Crippen LogP contribution in [0.4, 0.5) is 17.1 Å². The zero-order valence-corrected chi connectivity index (χ0v) is 35.2. The number of nitrogens with zero attached hydrogens (tertiary/aromatic N) is 7. The van der Waals surface area contributed by atoms with Gasteiger partial charge in [0, 0.05) is 36.2 Å². The van der Waals surface area contributed by atoms with Gasteiger partial charge >= 0.3 is 0 Å². The Morgan fingerprint density at radius 2 is 1.00 bits per heavy atom. The lowest BCUT2D eigenvalue weighted by molar-refractivity contribution is 0.194. The molecule has 2 unspecified atom stereocenters. The molecule has 2 fully saturated rings. The second-order valence-corrected chi connectivity index (χ2v) is 17.2. The molecule has 2 saturated heterocycles. The topological polar surface area (TPSA) is 138 Å². The highest BCUT2D eigenvalue weighted by Gasteiger charge is 2.34. The van der Waals surface area contributed by atoms with E-state index in [-0.39, 0.29) is 11.8 Å². The molecule has 0 bridgehead atoms. The maximum atomic E-state index is 7.21. The Bertz CT molecular complexity index is 3610. The normalized spacial score (nSPS) is 16.7. The second-order valence-electron chi connectivity index (χ2n) is 16.8. The van der Waals surface area contributed by atoms with Crippen molar-refractivity contribution in [2.75, 3.05) is 31.3 Å². The molecule has 312 valence electrons. The summed E-state index contributed by atoms with van der Waals surface area (Å²) in [4.78, 5) is 2.10. The van der Waals surface area contributed by atoms with Gasteiger partial charge in [0.1, 0.15) is 11.0 Å². The zero-order chi connectivity index (χ0) is 42.5. The van der Waals surface area contributed by atoms with Crippen LogP contribution >= 0.6 is 11.6 Å². The van der Waals surface area contributed by atoms with Crippen LogP contribution in [0.15, 0.2) is 129 Å². The van der Waals surface area contributed by atoms with Gasteiger partial charge in [-0.2, -0.15) is 0 Å². The Kier molecular flexibility index (Phi) is 8.55. The predicted molar refractivity (Wildman–Crippen MR) is 247 cm³/mol. The maximum absolute atomic E-state index is 7.21. The number of fused-ring (bicyclic) bond motifs is 6. The fourth-order valence-corrected chi connectivity index (χ4v) is 10.6. The van der Waals surface area contributed by atoms with Crippen LogP contribution in [0.1, 0.15) is 41.4 Å². The molecule has 2 atom stereocenters. The second kappa shape index (κ2) is 14.7. The van der Waals surface area contributed by atoms with Gasteiger partial charge in [-0.3, -0.25) is 0 Å². The lowest BCUT2D eigenvalue weighted by atomic mass is 9.87. The first-order valence-electron chi connectivity index (χ1n) is 21.4. The summed E-state index contributed by atoms with van der Waals surface area (Å²) in [6.07, 6.45) is 1.62. The maximum Gasteiger partial charge on any atom is 0.160 e. The molecule has 3 aromatic heterocycles. The highest BCUT2D eigenvalue weighted by Crippen LogP contribution is 2.52. The number of hydrogen-bond acceptors (Lipinski definition) is 12. The van der Waals surface area contributed by atoms with Crippen molar-refractivity contribution in [2.24, 2.45) is 0 Å². The quantitative estimate of drug-likeness (QED) is 0.141. The number of hydrogen-bond donors (Lipinski definition) is 0. The van der Waals surface area contributed by atoms with Crippen LogP contribution in [0.3, 0.4) is 0 Å². The first-order chi connectivity index (χ1) is 31.6. The summed E-state index contributed by atoms with van der Waals surface area (Å²) in [6.45, 7) is 4.43. The molecule has 5 heterocycles. The van der Waals surface area contributed by atoms with Gasteiger partial charge in [-0.25, -0.2) is 13.9 Å². The minimum absolute atomic E-state index is 0.0157. The molecule has 0 aliphatic carbocycles. The molecular formula is C51H36ClN7O5. The molecule has 64 heavy (non-hydrogen) atoms. The Hall–Kier alpha value is -7.25. The first-order valence-corrected chi connectivity index (χ1v) is 21.8. The van der Waals surface area contributed by atoms with Crippen LogP contribution in [0.2, 0.25) is 5.02 Å². The van der Waals surface area contributed by atoms with E-state index < -0.39 is 0 Å². The van der Waals surface area contributed by atoms with Gasteiger partial charge in [0.15, 0.2) is 22.1 Å². The zero-order valence-electron chi connectivity index (χ0n) is 34.4. The van der Waals surface area contributed by atoms with Crippen LogP contribution in [0, 0.1) is 6.92 Å². The fourth-order valence-electron chi connectivity index (χ4n) is 10.2. The minimum atomic E-state index is 0.0157. The predicted octanol–water partition coefficient (Wildman–Crippen LogP) is 12.5. The molecule has 0 amide bonds. The Morgan fingerprint density at radius 1 is 0.484 bits per heavy atom. The number of ether oxygens (including phenoxy) is 2. The number of aryl methyl sites for hydroxylation is 1. The van der Waals surface area contributed by atoms with Gasteiger partial charge in [0.25, 0.3) is 0 Å². The van der Waals surface area contributed by atoms with Crippen LogP contribution in [-0.2, 0) is 9.47 Å². The number of anilines is 3. The summed E-state index contributed by atoms with van der Waals surface area (Å²) in [7, 11) is 0. The van der Waals surface area contributed by atoms with E-state index in [9.17, 15) is 0 Å². The third-order valence-electron chi connectivity index (χ3n) is 13.3. The summed E-state index contributed by atoms with van der Waals surface area (Å²) in [5, 5.41) is 34.8. The average Bonchev–Trinajstić information content (AvgIpc) is 4.19. The van der Waals surface area contributed by atoms with Crippen molar-refractivity contribution in [3.63, 3.8) is 0 Å². The lowest BCUT2D eigenvalue weighted by Gasteiger charge is -2.29. The third kappa shape index (κ3) is 5.69. The number of benzene rings is 8. The van der Waals surface area contributed by atoms with Gasteiger partial charge in [-0.15, -0.1) is 0 Å². The Balaban J connectivity index is 1.13. The van der Waals surface area contributed by atoms with E-state index in [0.717, 1.165) is 84.1 Å². The highest BCUT2D eigenvalue weighted by molar-refractivity contribution is 6.36.